The van der Waals surface area contributed by atoms with E-state index in [4.69, 9.17) is 16.3 Å². The van der Waals surface area contributed by atoms with Crippen molar-refractivity contribution >= 4 is 38.9 Å². The summed E-state index contributed by atoms with van der Waals surface area (Å²) in [6.45, 7) is 5.27. The van der Waals surface area contributed by atoms with Gasteiger partial charge in [-0.2, -0.15) is 0 Å². The summed E-state index contributed by atoms with van der Waals surface area (Å²) in [5.74, 6) is 0.100. The molecule has 0 fully saturated rings. The topological polar surface area (TPSA) is 84.5 Å². The number of hydrogen-bond donors (Lipinski definition) is 2. The summed E-state index contributed by atoms with van der Waals surface area (Å²) in [4.78, 5) is 11.7. The molecule has 6 nitrogen and oxygen atoms in total. The molecule has 1 atom stereocenters. The van der Waals surface area contributed by atoms with Gasteiger partial charge < -0.3 is 10.1 Å². The standard InChI is InChI=1S/C17H17ClN2O4S/c1-9-6-10(2)16(13(18)7-9)20-25(22,23)12-4-5-15-14(8-12)19-17(21)11(3)24-15/h4-8,11,20H,1-3H3,(H,19,21). The van der Waals surface area contributed by atoms with Gasteiger partial charge in [0.2, 0.25) is 0 Å². The SMILES string of the molecule is Cc1cc(C)c(NS(=O)(=O)c2ccc3c(c2)NC(=O)C(C)O3)c(Cl)c1. The van der Waals surface area contributed by atoms with Gasteiger partial charge in [0.1, 0.15) is 5.75 Å². The van der Waals surface area contributed by atoms with Crippen LogP contribution < -0.4 is 14.8 Å². The van der Waals surface area contributed by atoms with Gasteiger partial charge in [-0.1, -0.05) is 17.7 Å². The molecule has 0 saturated carbocycles. The van der Waals surface area contributed by atoms with E-state index in [0.29, 0.717) is 22.1 Å². The van der Waals surface area contributed by atoms with E-state index in [2.05, 4.69) is 10.0 Å². The fourth-order valence-electron chi connectivity index (χ4n) is 2.59. The Morgan fingerprint density at radius 3 is 2.60 bits per heavy atom. The third kappa shape index (κ3) is 3.43. The first kappa shape index (κ1) is 17.6. The summed E-state index contributed by atoms with van der Waals surface area (Å²) in [7, 11) is -3.88. The van der Waals surface area contributed by atoms with Crippen LogP contribution >= 0.6 is 11.6 Å². The molecule has 1 aliphatic heterocycles. The van der Waals surface area contributed by atoms with Gasteiger partial charge in [0.05, 0.1) is 21.3 Å². The number of carbonyl (C=O) groups is 1. The molecule has 2 N–H and O–H groups in total. The van der Waals surface area contributed by atoms with E-state index in [1.54, 1.807) is 19.9 Å². The highest BCUT2D eigenvalue weighted by Crippen LogP contribution is 2.34. The second-order valence-electron chi connectivity index (χ2n) is 5.95. The number of rotatable bonds is 3. The lowest BCUT2D eigenvalue weighted by atomic mass is 10.1. The van der Waals surface area contributed by atoms with E-state index in [-0.39, 0.29) is 10.8 Å². The molecule has 132 valence electrons. The summed E-state index contributed by atoms with van der Waals surface area (Å²) < 4.78 is 33.3. The van der Waals surface area contributed by atoms with Crippen molar-refractivity contribution in [3.8, 4) is 5.75 Å². The summed E-state index contributed by atoms with van der Waals surface area (Å²) in [6.07, 6.45) is -0.623. The predicted octanol–water partition coefficient (Wildman–Crippen LogP) is 3.48. The Bertz CT molecular complexity index is 950. The number of fused-ring (bicyclic) bond motifs is 1. The van der Waals surface area contributed by atoms with Gasteiger partial charge >= 0.3 is 0 Å². The van der Waals surface area contributed by atoms with Crippen LogP contribution in [-0.4, -0.2) is 20.4 Å². The van der Waals surface area contributed by atoms with E-state index in [9.17, 15) is 13.2 Å². The van der Waals surface area contributed by atoms with Crippen molar-refractivity contribution in [1.82, 2.24) is 0 Å². The fourth-order valence-corrected chi connectivity index (χ4v) is 4.20. The number of benzene rings is 2. The van der Waals surface area contributed by atoms with Crippen LogP contribution in [0, 0.1) is 13.8 Å². The van der Waals surface area contributed by atoms with E-state index in [1.165, 1.54) is 18.2 Å². The first-order chi connectivity index (χ1) is 11.7. The average Bonchev–Trinajstić information content (AvgIpc) is 2.51. The van der Waals surface area contributed by atoms with Crippen LogP contribution in [0.2, 0.25) is 5.02 Å². The highest BCUT2D eigenvalue weighted by molar-refractivity contribution is 7.92. The molecule has 0 aromatic heterocycles. The maximum atomic E-state index is 12.7. The molecule has 8 heteroatoms. The molecule has 1 aliphatic rings. The van der Waals surface area contributed by atoms with Crippen LogP contribution in [0.3, 0.4) is 0 Å². The second-order valence-corrected chi connectivity index (χ2v) is 8.04. The van der Waals surface area contributed by atoms with Gasteiger partial charge in [-0.3, -0.25) is 9.52 Å². The molecule has 2 aromatic rings. The van der Waals surface area contributed by atoms with Crippen molar-refractivity contribution in [3.05, 3.63) is 46.5 Å². The Morgan fingerprint density at radius 2 is 1.92 bits per heavy atom. The summed E-state index contributed by atoms with van der Waals surface area (Å²) in [5, 5.41) is 2.96. The van der Waals surface area contributed by atoms with Crippen molar-refractivity contribution < 1.29 is 17.9 Å². The van der Waals surface area contributed by atoms with Gasteiger partial charge in [0, 0.05) is 0 Å². The molecule has 3 rings (SSSR count). The third-order valence-electron chi connectivity index (χ3n) is 3.86. The highest BCUT2D eigenvalue weighted by Gasteiger charge is 2.26. The Hall–Kier alpha value is -2.25. The van der Waals surface area contributed by atoms with Gasteiger partial charge in [-0.15, -0.1) is 0 Å². The summed E-state index contributed by atoms with van der Waals surface area (Å²) in [6, 6.07) is 7.83. The number of aryl methyl sites for hydroxylation is 2. The van der Waals surface area contributed by atoms with E-state index in [1.807, 2.05) is 13.0 Å². The van der Waals surface area contributed by atoms with E-state index < -0.39 is 16.1 Å². The molecular weight excluding hydrogens is 364 g/mol. The largest absolute Gasteiger partial charge is 0.479 e. The molecule has 0 spiro atoms. The van der Waals surface area contributed by atoms with Crippen molar-refractivity contribution in [2.45, 2.75) is 31.8 Å². The van der Waals surface area contributed by atoms with Crippen molar-refractivity contribution in [3.63, 3.8) is 0 Å². The Kier molecular flexibility index (Phi) is 4.38. The number of halogens is 1. The lowest BCUT2D eigenvalue weighted by Gasteiger charge is -2.23. The third-order valence-corrected chi connectivity index (χ3v) is 5.51. The number of anilines is 2. The van der Waals surface area contributed by atoms with Gasteiger partial charge in [-0.25, -0.2) is 8.42 Å². The smallest absolute Gasteiger partial charge is 0.265 e. The number of carbonyl (C=O) groups excluding carboxylic acids is 1. The predicted molar refractivity (Wildman–Crippen MR) is 96.9 cm³/mol. The molecule has 1 amide bonds. The van der Waals surface area contributed by atoms with E-state index in [0.717, 1.165) is 11.1 Å². The fraction of sp³-hybridized carbons (Fsp3) is 0.235. The van der Waals surface area contributed by atoms with Crippen LogP contribution in [0.15, 0.2) is 35.2 Å². The zero-order valence-corrected chi connectivity index (χ0v) is 15.5. The molecular formula is C17H17ClN2O4S. The number of sulfonamides is 1. The number of nitrogens with one attached hydrogen (secondary N) is 2. The monoisotopic (exact) mass is 380 g/mol. The molecule has 1 unspecified atom stereocenters. The molecule has 1 heterocycles. The Labute approximate surface area is 151 Å². The zero-order chi connectivity index (χ0) is 18.4. The quantitative estimate of drug-likeness (QED) is 0.853. The lowest BCUT2D eigenvalue weighted by molar-refractivity contribution is -0.122. The normalized spacial score (nSPS) is 16.6. The molecule has 0 saturated heterocycles. The number of ether oxygens (including phenoxy) is 1. The molecule has 25 heavy (non-hydrogen) atoms. The number of hydrogen-bond acceptors (Lipinski definition) is 4. The van der Waals surface area contributed by atoms with Gasteiger partial charge in [0.25, 0.3) is 15.9 Å². The van der Waals surface area contributed by atoms with Crippen LogP contribution in [0.1, 0.15) is 18.1 Å². The van der Waals surface area contributed by atoms with Gasteiger partial charge in [0.15, 0.2) is 6.10 Å². The Morgan fingerprint density at radius 1 is 1.20 bits per heavy atom. The van der Waals surface area contributed by atoms with Crippen LogP contribution in [0.25, 0.3) is 0 Å². The van der Waals surface area contributed by atoms with E-state index >= 15 is 0 Å². The zero-order valence-electron chi connectivity index (χ0n) is 13.9. The lowest BCUT2D eigenvalue weighted by Crippen LogP contribution is -2.34. The summed E-state index contributed by atoms with van der Waals surface area (Å²) in [5.41, 5.74) is 2.31. The second kappa shape index (κ2) is 6.24. The first-order valence-corrected chi connectivity index (χ1v) is 9.44. The minimum atomic E-state index is -3.88. The van der Waals surface area contributed by atoms with Crippen molar-refractivity contribution in [2.24, 2.45) is 0 Å². The molecule has 0 bridgehead atoms. The van der Waals surface area contributed by atoms with Gasteiger partial charge in [-0.05, 0) is 56.2 Å². The van der Waals surface area contributed by atoms with Crippen LogP contribution in [0.4, 0.5) is 11.4 Å². The summed E-state index contributed by atoms with van der Waals surface area (Å²) >= 11 is 6.17. The minimum absolute atomic E-state index is 0.000690. The molecule has 0 aliphatic carbocycles. The molecule has 2 aromatic carbocycles. The first-order valence-electron chi connectivity index (χ1n) is 7.58. The Balaban J connectivity index is 1.97. The number of amides is 1. The maximum absolute atomic E-state index is 12.7. The maximum Gasteiger partial charge on any atom is 0.265 e. The van der Waals surface area contributed by atoms with Crippen molar-refractivity contribution in [1.29, 1.82) is 0 Å². The van der Waals surface area contributed by atoms with Crippen molar-refractivity contribution in [2.75, 3.05) is 10.0 Å². The van der Waals surface area contributed by atoms with Crippen LogP contribution in [0.5, 0.6) is 5.75 Å². The van der Waals surface area contributed by atoms with Crippen LogP contribution in [-0.2, 0) is 14.8 Å². The molecule has 0 radical (unpaired) electrons. The highest BCUT2D eigenvalue weighted by atomic mass is 35.5. The minimum Gasteiger partial charge on any atom is -0.479 e. The average molecular weight is 381 g/mol.